The molecule has 1 amide bonds. The average molecular weight is 437 g/mol. The van der Waals surface area contributed by atoms with Crippen LogP contribution in [0.1, 0.15) is 48.3 Å². The normalized spacial score (nSPS) is 11.7. The number of nitrogens with zero attached hydrogens (tertiary/aromatic N) is 1. The predicted molar refractivity (Wildman–Crippen MR) is 121 cm³/mol. The number of hydrogen-bond acceptors (Lipinski definition) is 4. The second-order valence-electron chi connectivity index (χ2n) is 7.43. The van der Waals surface area contributed by atoms with Gasteiger partial charge < -0.3 is 15.2 Å². The third-order valence-corrected chi connectivity index (χ3v) is 5.14. The van der Waals surface area contributed by atoms with E-state index in [9.17, 15) is 19.5 Å². The first-order valence-corrected chi connectivity index (χ1v) is 10.6. The van der Waals surface area contributed by atoms with Gasteiger partial charge in [-0.05, 0) is 12.0 Å². The van der Waals surface area contributed by atoms with E-state index in [1.165, 1.54) is 4.57 Å². The van der Waals surface area contributed by atoms with Crippen molar-refractivity contribution in [2.24, 2.45) is 0 Å². The largest absolute Gasteiger partial charge is 0.477 e. The number of carbonyl (C=O) groups excluding carboxylic acids is 1. The van der Waals surface area contributed by atoms with Gasteiger partial charge in [-0.3, -0.25) is 9.55 Å². The fraction of sp³-hybridized carbons (Fsp3) is 0.292. The van der Waals surface area contributed by atoms with Gasteiger partial charge in [0.05, 0.1) is 11.7 Å². The minimum atomic E-state index is -1.22. The summed E-state index contributed by atoms with van der Waals surface area (Å²) >= 11 is 0. The highest BCUT2D eigenvalue weighted by molar-refractivity contribution is 5.93. The molecule has 0 aliphatic carbocycles. The second kappa shape index (κ2) is 11.0. The molecule has 0 fully saturated rings. The monoisotopic (exact) mass is 437 g/mol. The number of unbranched alkanes of at least 4 members (excludes halogenated alkanes) is 1. The van der Waals surface area contributed by atoms with Crippen LogP contribution in [-0.4, -0.2) is 33.3 Å². The van der Waals surface area contributed by atoms with E-state index < -0.39 is 23.8 Å². The number of amides is 1. The molecule has 1 unspecified atom stereocenters. The lowest BCUT2D eigenvalue weighted by molar-refractivity contribution is 0.0691. The Morgan fingerprint density at radius 2 is 1.75 bits per heavy atom. The van der Waals surface area contributed by atoms with Gasteiger partial charge in [0.15, 0.2) is 5.69 Å². The summed E-state index contributed by atoms with van der Waals surface area (Å²) in [5.74, 6) is -1.22. The Labute approximate surface area is 185 Å². The van der Waals surface area contributed by atoms with Gasteiger partial charge in [0.1, 0.15) is 6.61 Å². The summed E-state index contributed by atoms with van der Waals surface area (Å²) in [6.45, 7) is 2.29. The number of aromatic nitrogens is 2. The third kappa shape index (κ3) is 5.66. The molecule has 0 saturated carbocycles. The molecule has 3 N–H and O–H groups in total. The molecule has 8 heteroatoms. The molecule has 0 radical (unpaired) electrons. The number of benzene rings is 2. The van der Waals surface area contributed by atoms with Crippen molar-refractivity contribution in [3.8, 4) is 11.3 Å². The number of carbonyl (C=O) groups is 2. The first-order valence-electron chi connectivity index (χ1n) is 10.6. The summed E-state index contributed by atoms with van der Waals surface area (Å²) in [6, 6.07) is 17.8. The van der Waals surface area contributed by atoms with Gasteiger partial charge >= 0.3 is 17.8 Å². The topological polar surface area (TPSA) is 113 Å². The molecule has 0 bridgehead atoms. The number of carboxylic acids is 1. The van der Waals surface area contributed by atoms with E-state index in [1.54, 1.807) is 24.3 Å². The van der Waals surface area contributed by atoms with Crippen LogP contribution in [0, 0.1) is 0 Å². The quantitative estimate of drug-likeness (QED) is 0.440. The van der Waals surface area contributed by atoms with Gasteiger partial charge in [0.25, 0.3) is 0 Å². The fourth-order valence-electron chi connectivity index (χ4n) is 3.57. The molecule has 3 rings (SSSR count). The van der Waals surface area contributed by atoms with Gasteiger partial charge in [-0.2, -0.15) is 0 Å². The number of alkyl carbamates (subject to hydrolysis) is 1. The zero-order valence-electron chi connectivity index (χ0n) is 17.9. The summed E-state index contributed by atoms with van der Waals surface area (Å²) in [5, 5.41) is 12.4. The van der Waals surface area contributed by atoms with Crippen molar-refractivity contribution in [3.63, 3.8) is 0 Å². The second-order valence-corrected chi connectivity index (χ2v) is 7.43. The summed E-state index contributed by atoms with van der Waals surface area (Å²) in [5.41, 5.74) is 1.07. The Morgan fingerprint density at radius 3 is 2.38 bits per heavy atom. The molecule has 0 aliphatic rings. The minimum Gasteiger partial charge on any atom is -0.477 e. The number of aromatic carboxylic acids is 1. The summed E-state index contributed by atoms with van der Waals surface area (Å²) in [7, 11) is 0. The third-order valence-electron chi connectivity index (χ3n) is 5.14. The molecule has 1 atom stereocenters. The van der Waals surface area contributed by atoms with Gasteiger partial charge in [0, 0.05) is 12.1 Å². The molecule has 168 valence electrons. The lowest BCUT2D eigenvalue weighted by atomic mass is 10.1. The molecule has 0 spiro atoms. The molecular formula is C24H27N3O5. The predicted octanol–water partition coefficient (Wildman–Crippen LogP) is 4.20. The number of carboxylic acid groups (broad SMARTS) is 1. The van der Waals surface area contributed by atoms with Crippen LogP contribution < -0.4 is 11.0 Å². The summed E-state index contributed by atoms with van der Waals surface area (Å²) in [4.78, 5) is 39.3. The minimum absolute atomic E-state index is 0.129. The van der Waals surface area contributed by atoms with Crippen LogP contribution in [0.2, 0.25) is 0 Å². The highest BCUT2D eigenvalue weighted by atomic mass is 16.5. The lowest BCUT2D eigenvalue weighted by Crippen LogP contribution is -2.35. The van der Waals surface area contributed by atoms with Gasteiger partial charge in [-0.15, -0.1) is 0 Å². The Kier molecular flexibility index (Phi) is 7.85. The Hall–Kier alpha value is -3.81. The zero-order chi connectivity index (χ0) is 22.9. The number of aromatic amines is 1. The number of ether oxygens (including phenoxy) is 1. The average Bonchev–Trinajstić information content (AvgIpc) is 3.16. The lowest BCUT2D eigenvalue weighted by Gasteiger charge is -2.21. The number of hydrogen-bond donors (Lipinski definition) is 3. The number of nitrogens with one attached hydrogen (secondary N) is 2. The molecular weight excluding hydrogens is 410 g/mol. The van der Waals surface area contributed by atoms with Crippen LogP contribution in [0.25, 0.3) is 11.3 Å². The molecule has 0 saturated heterocycles. The molecule has 3 aromatic rings. The maximum atomic E-state index is 12.8. The van der Waals surface area contributed by atoms with Crippen LogP contribution in [0.3, 0.4) is 0 Å². The van der Waals surface area contributed by atoms with Gasteiger partial charge in [-0.25, -0.2) is 14.4 Å². The standard InChI is InChI=1S/C24H27N3O5/c1-2-3-14-19(15-25-24(31)32-16-17-10-6-4-7-11-17)27-21(18-12-8-5-9-13-18)20(22(28)29)26-23(27)30/h4-13,19H,2-3,14-16H2,1H3,(H,25,31)(H,26,30)(H,28,29). The number of rotatable bonds is 10. The first-order chi connectivity index (χ1) is 15.5. The fourth-order valence-corrected chi connectivity index (χ4v) is 3.57. The molecule has 0 aliphatic heterocycles. The van der Waals surface area contributed by atoms with Crippen molar-refractivity contribution in [3.05, 3.63) is 82.4 Å². The van der Waals surface area contributed by atoms with Crippen LogP contribution in [-0.2, 0) is 11.3 Å². The highest BCUT2D eigenvalue weighted by Crippen LogP contribution is 2.26. The van der Waals surface area contributed by atoms with E-state index in [-0.39, 0.29) is 18.8 Å². The first kappa shape index (κ1) is 22.9. The molecule has 1 heterocycles. The SMILES string of the molecule is CCCCC(CNC(=O)OCc1ccccc1)n1c(-c2ccccc2)c(C(=O)O)[nH]c1=O. The van der Waals surface area contributed by atoms with Crippen molar-refractivity contribution in [1.29, 1.82) is 0 Å². The number of H-pyrrole nitrogens is 1. The van der Waals surface area contributed by atoms with Crippen LogP contribution in [0.5, 0.6) is 0 Å². The van der Waals surface area contributed by atoms with Crippen LogP contribution >= 0.6 is 0 Å². The Morgan fingerprint density at radius 1 is 1.09 bits per heavy atom. The van der Waals surface area contributed by atoms with Crippen molar-refractivity contribution >= 4 is 12.1 Å². The van der Waals surface area contributed by atoms with Crippen LogP contribution in [0.4, 0.5) is 4.79 Å². The molecule has 2 aromatic carbocycles. The summed E-state index contributed by atoms with van der Waals surface area (Å²) in [6.07, 6.45) is 1.69. The van der Waals surface area contributed by atoms with E-state index in [0.717, 1.165) is 18.4 Å². The molecule has 32 heavy (non-hydrogen) atoms. The van der Waals surface area contributed by atoms with E-state index in [4.69, 9.17) is 4.74 Å². The van der Waals surface area contributed by atoms with E-state index in [0.29, 0.717) is 17.7 Å². The van der Waals surface area contributed by atoms with Crippen molar-refractivity contribution in [1.82, 2.24) is 14.9 Å². The Bertz CT molecular complexity index is 1090. The zero-order valence-corrected chi connectivity index (χ0v) is 17.9. The number of imidazole rings is 1. The van der Waals surface area contributed by atoms with Gasteiger partial charge in [-0.1, -0.05) is 80.4 Å². The maximum Gasteiger partial charge on any atom is 0.407 e. The smallest absolute Gasteiger partial charge is 0.407 e. The molecule has 8 nitrogen and oxygen atoms in total. The van der Waals surface area contributed by atoms with Crippen LogP contribution in [0.15, 0.2) is 65.5 Å². The van der Waals surface area contributed by atoms with Crippen molar-refractivity contribution < 1.29 is 19.4 Å². The van der Waals surface area contributed by atoms with E-state index in [2.05, 4.69) is 10.3 Å². The van der Waals surface area contributed by atoms with Crippen molar-refractivity contribution in [2.75, 3.05) is 6.54 Å². The maximum absolute atomic E-state index is 12.8. The van der Waals surface area contributed by atoms with E-state index >= 15 is 0 Å². The van der Waals surface area contributed by atoms with Crippen molar-refractivity contribution in [2.45, 2.75) is 38.8 Å². The summed E-state index contributed by atoms with van der Waals surface area (Å²) < 4.78 is 6.70. The molecule has 1 aromatic heterocycles. The highest BCUT2D eigenvalue weighted by Gasteiger charge is 2.26. The Balaban J connectivity index is 1.83. The van der Waals surface area contributed by atoms with E-state index in [1.807, 2.05) is 43.3 Å². The van der Waals surface area contributed by atoms with Gasteiger partial charge in [0.2, 0.25) is 0 Å².